The summed E-state index contributed by atoms with van der Waals surface area (Å²) in [6.07, 6.45) is 0. The Hall–Kier alpha value is -0.680. The molecule has 1 aromatic rings. The second kappa shape index (κ2) is 5.37. The zero-order valence-corrected chi connectivity index (χ0v) is 13.0. The molecule has 1 aliphatic rings. The first-order chi connectivity index (χ1) is 8.79. The Morgan fingerprint density at radius 2 is 1.95 bits per heavy atom. The van der Waals surface area contributed by atoms with Crippen LogP contribution in [0, 0.1) is 17.0 Å². The largest absolute Gasteiger partial charge is 0.366 e. The van der Waals surface area contributed by atoms with Crippen molar-refractivity contribution in [3.8, 4) is 0 Å². The van der Waals surface area contributed by atoms with Crippen molar-refractivity contribution >= 4 is 21.6 Å². The summed E-state index contributed by atoms with van der Waals surface area (Å²) in [5.41, 5.74) is 0.430. The molecule has 0 aromatic heterocycles. The third-order valence-electron chi connectivity index (χ3n) is 3.55. The van der Waals surface area contributed by atoms with Crippen LogP contribution in [0.3, 0.4) is 0 Å². The minimum atomic E-state index is -0.428. The van der Waals surface area contributed by atoms with E-state index in [1.54, 1.807) is 0 Å². The first-order valence-corrected chi connectivity index (χ1v) is 7.21. The van der Waals surface area contributed by atoms with Crippen molar-refractivity contribution in [1.29, 1.82) is 0 Å². The van der Waals surface area contributed by atoms with Crippen molar-refractivity contribution < 1.29 is 8.78 Å². The van der Waals surface area contributed by atoms with E-state index in [-0.39, 0.29) is 21.7 Å². The second-order valence-electron chi connectivity index (χ2n) is 6.04. The Morgan fingerprint density at radius 3 is 2.58 bits per heavy atom. The van der Waals surface area contributed by atoms with Crippen LogP contribution >= 0.6 is 15.9 Å². The van der Waals surface area contributed by atoms with Crippen LogP contribution in [-0.2, 0) is 0 Å². The molecule has 1 aromatic carbocycles. The molecule has 1 atom stereocenters. The minimum Gasteiger partial charge on any atom is -0.366 e. The predicted molar refractivity (Wildman–Crippen MR) is 77.5 cm³/mol. The highest BCUT2D eigenvalue weighted by atomic mass is 79.9. The van der Waals surface area contributed by atoms with Crippen molar-refractivity contribution in [2.24, 2.45) is 5.41 Å². The normalized spacial score (nSPS) is 20.7. The molecule has 5 heteroatoms. The van der Waals surface area contributed by atoms with Gasteiger partial charge in [0.2, 0.25) is 0 Å². The lowest BCUT2D eigenvalue weighted by Crippen LogP contribution is -2.56. The average molecular weight is 333 g/mol. The maximum atomic E-state index is 14.0. The van der Waals surface area contributed by atoms with E-state index < -0.39 is 5.82 Å². The van der Waals surface area contributed by atoms with Crippen LogP contribution in [0.15, 0.2) is 16.6 Å². The van der Waals surface area contributed by atoms with Gasteiger partial charge in [0.1, 0.15) is 11.6 Å². The van der Waals surface area contributed by atoms with Gasteiger partial charge in [0.05, 0.1) is 10.2 Å². The third-order valence-corrected chi connectivity index (χ3v) is 4.16. The van der Waals surface area contributed by atoms with Gasteiger partial charge in [0, 0.05) is 31.7 Å². The molecular formula is C14H19BrF2N2. The van der Waals surface area contributed by atoms with Gasteiger partial charge in [-0.1, -0.05) is 20.8 Å². The van der Waals surface area contributed by atoms with E-state index in [9.17, 15) is 8.78 Å². The van der Waals surface area contributed by atoms with E-state index >= 15 is 0 Å². The summed E-state index contributed by atoms with van der Waals surface area (Å²) >= 11 is 3.00. The summed E-state index contributed by atoms with van der Waals surface area (Å²) in [4.78, 5) is 1.91. The molecule has 2 nitrogen and oxygen atoms in total. The van der Waals surface area contributed by atoms with Crippen molar-refractivity contribution in [3.63, 3.8) is 0 Å². The molecule has 1 N–H and O–H groups in total. The molecule has 0 radical (unpaired) electrons. The Kier molecular flexibility index (Phi) is 4.16. The highest BCUT2D eigenvalue weighted by molar-refractivity contribution is 9.10. The van der Waals surface area contributed by atoms with Gasteiger partial charge in [0.15, 0.2) is 0 Å². The quantitative estimate of drug-likeness (QED) is 0.791. The number of nitrogens with one attached hydrogen (secondary N) is 1. The third kappa shape index (κ3) is 3.26. The first-order valence-electron chi connectivity index (χ1n) is 6.42. The Balaban J connectivity index is 2.25. The molecule has 1 heterocycles. The van der Waals surface area contributed by atoms with Gasteiger partial charge in [-0.05, 0) is 27.4 Å². The minimum absolute atomic E-state index is 0.0864. The van der Waals surface area contributed by atoms with Gasteiger partial charge in [0.25, 0.3) is 0 Å². The summed E-state index contributed by atoms with van der Waals surface area (Å²) in [6.45, 7) is 8.58. The molecule has 1 saturated heterocycles. The highest BCUT2D eigenvalue weighted by Gasteiger charge is 2.30. The fraction of sp³-hybridized carbons (Fsp3) is 0.571. The van der Waals surface area contributed by atoms with Gasteiger partial charge < -0.3 is 10.2 Å². The molecule has 1 unspecified atom stereocenters. The first kappa shape index (κ1) is 14.7. The van der Waals surface area contributed by atoms with E-state index in [0.29, 0.717) is 18.8 Å². The maximum absolute atomic E-state index is 14.0. The molecule has 19 heavy (non-hydrogen) atoms. The van der Waals surface area contributed by atoms with E-state index in [2.05, 4.69) is 42.0 Å². The molecule has 0 aliphatic carbocycles. The number of piperazine rings is 1. The number of benzene rings is 1. The lowest BCUT2D eigenvalue weighted by atomic mass is 9.85. The lowest BCUT2D eigenvalue weighted by Gasteiger charge is -2.41. The number of hydrogen-bond acceptors (Lipinski definition) is 2. The van der Waals surface area contributed by atoms with Crippen molar-refractivity contribution in [2.45, 2.75) is 26.8 Å². The number of rotatable bonds is 1. The summed E-state index contributed by atoms with van der Waals surface area (Å²) in [5.74, 6) is -0.815. The fourth-order valence-corrected chi connectivity index (χ4v) is 2.62. The molecule has 0 spiro atoms. The van der Waals surface area contributed by atoms with Crippen LogP contribution in [0.2, 0.25) is 0 Å². The zero-order chi connectivity index (χ0) is 14.2. The van der Waals surface area contributed by atoms with E-state index in [0.717, 1.165) is 6.54 Å². The Bertz CT molecular complexity index is 471. The average Bonchev–Trinajstić information content (AvgIpc) is 2.33. The van der Waals surface area contributed by atoms with E-state index in [1.165, 1.54) is 12.1 Å². The topological polar surface area (TPSA) is 15.3 Å². The van der Waals surface area contributed by atoms with E-state index in [1.807, 2.05) is 4.90 Å². The van der Waals surface area contributed by atoms with Gasteiger partial charge in [-0.2, -0.15) is 0 Å². The van der Waals surface area contributed by atoms with Crippen LogP contribution in [0.25, 0.3) is 0 Å². The van der Waals surface area contributed by atoms with Crippen molar-refractivity contribution in [1.82, 2.24) is 5.32 Å². The van der Waals surface area contributed by atoms with Crippen LogP contribution in [0.1, 0.15) is 20.8 Å². The zero-order valence-electron chi connectivity index (χ0n) is 11.4. The smallest absolute Gasteiger partial charge is 0.147 e. The number of hydrogen-bond donors (Lipinski definition) is 1. The predicted octanol–water partition coefficient (Wildman–Crippen LogP) is 3.55. The molecule has 0 amide bonds. The number of halogens is 3. The molecule has 0 saturated carbocycles. The van der Waals surface area contributed by atoms with Crippen LogP contribution in [0.4, 0.5) is 14.5 Å². The summed E-state index contributed by atoms with van der Waals surface area (Å²) < 4.78 is 27.7. The molecule has 1 aliphatic heterocycles. The second-order valence-corrected chi connectivity index (χ2v) is 6.89. The molecule has 1 fully saturated rings. The Labute approximate surface area is 121 Å². The Morgan fingerprint density at radius 1 is 1.26 bits per heavy atom. The summed E-state index contributed by atoms with van der Waals surface area (Å²) in [6, 6.07) is 2.72. The SMILES string of the molecule is CC(C)(C)C1CN(c2cc(F)c(Br)cc2F)CCN1. The molecular weight excluding hydrogens is 314 g/mol. The molecule has 2 rings (SSSR count). The van der Waals surface area contributed by atoms with Crippen LogP contribution < -0.4 is 10.2 Å². The molecule has 106 valence electrons. The van der Waals surface area contributed by atoms with Crippen LogP contribution in [0.5, 0.6) is 0 Å². The van der Waals surface area contributed by atoms with Gasteiger partial charge >= 0.3 is 0 Å². The highest BCUT2D eigenvalue weighted by Crippen LogP contribution is 2.29. The van der Waals surface area contributed by atoms with Gasteiger partial charge in [-0.25, -0.2) is 8.78 Å². The van der Waals surface area contributed by atoms with Gasteiger partial charge in [-0.15, -0.1) is 0 Å². The fourth-order valence-electron chi connectivity index (χ4n) is 2.30. The summed E-state index contributed by atoms with van der Waals surface area (Å²) in [7, 11) is 0. The lowest BCUT2D eigenvalue weighted by molar-refractivity contribution is 0.253. The summed E-state index contributed by atoms with van der Waals surface area (Å²) in [5, 5.41) is 3.44. The van der Waals surface area contributed by atoms with E-state index in [4.69, 9.17) is 0 Å². The standard InChI is InChI=1S/C14H19BrF2N2/c1-14(2,3)13-8-19(5-4-18-13)12-7-10(16)9(15)6-11(12)17/h6-7,13,18H,4-5,8H2,1-3H3. The monoisotopic (exact) mass is 332 g/mol. The van der Waals surface area contributed by atoms with Crippen molar-refractivity contribution in [3.05, 3.63) is 28.2 Å². The molecule has 0 bridgehead atoms. The number of nitrogens with zero attached hydrogens (tertiary/aromatic N) is 1. The van der Waals surface area contributed by atoms with Crippen molar-refractivity contribution in [2.75, 3.05) is 24.5 Å². The van der Waals surface area contributed by atoms with Gasteiger partial charge in [-0.3, -0.25) is 0 Å². The number of anilines is 1. The maximum Gasteiger partial charge on any atom is 0.147 e. The van der Waals surface area contributed by atoms with Crippen LogP contribution in [-0.4, -0.2) is 25.7 Å².